The smallest absolute Gasteiger partial charge is 0.313 e. The van der Waals surface area contributed by atoms with Crippen LogP contribution in [0.2, 0.25) is 0 Å². The zero-order valence-corrected chi connectivity index (χ0v) is 16.4. The third-order valence-electron chi connectivity index (χ3n) is 5.02. The van der Waals surface area contributed by atoms with Gasteiger partial charge in [-0.25, -0.2) is 8.78 Å². The number of rotatable bonds is 6. The number of hydrogen-bond donors (Lipinski definition) is 3. The van der Waals surface area contributed by atoms with E-state index in [1.807, 2.05) is 16.8 Å². The van der Waals surface area contributed by atoms with Gasteiger partial charge in [0.05, 0.1) is 12.2 Å². The van der Waals surface area contributed by atoms with Gasteiger partial charge in [0.25, 0.3) is 0 Å². The third-order valence-corrected chi connectivity index (χ3v) is 6.14. The van der Waals surface area contributed by atoms with Crippen molar-refractivity contribution in [1.82, 2.24) is 10.6 Å². The van der Waals surface area contributed by atoms with Gasteiger partial charge in [0.2, 0.25) is 5.91 Å². The molecule has 0 unspecified atom stereocenters. The van der Waals surface area contributed by atoms with Crippen molar-refractivity contribution in [2.45, 2.75) is 31.1 Å². The summed E-state index contributed by atoms with van der Waals surface area (Å²) in [6.45, 7) is 0.0911. The molecular formula is C20H21F2N3O3S. The highest BCUT2D eigenvalue weighted by atomic mass is 32.1. The zero-order chi connectivity index (χ0) is 20.9. The first-order chi connectivity index (χ1) is 13.9. The summed E-state index contributed by atoms with van der Waals surface area (Å²) >= 11 is 1.67. The van der Waals surface area contributed by atoms with E-state index in [1.54, 1.807) is 11.3 Å². The predicted octanol–water partition coefficient (Wildman–Crippen LogP) is 2.71. The first-order valence-corrected chi connectivity index (χ1v) is 10.1. The highest BCUT2D eigenvalue weighted by molar-refractivity contribution is 7.10. The number of anilines is 1. The van der Waals surface area contributed by atoms with E-state index in [2.05, 4.69) is 16.7 Å². The van der Waals surface area contributed by atoms with Gasteiger partial charge >= 0.3 is 11.8 Å². The molecule has 1 aromatic heterocycles. The maximum Gasteiger partial charge on any atom is 0.313 e. The molecule has 29 heavy (non-hydrogen) atoms. The Morgan fingerprint density at radius 2 is 1.79 bits per heavy atom. The van der Waals surface area contributed by atoms with Crippen LogP contribution in [0.4, 0.5) is 14.5 Å². The van der Waals surface area contributed by atoms with Crippen molar-refractivity contribution in [3.63, 3.8) is 0 Å². The predicted molar refractivity (Wildman–Crippen MR) is 105 cm³/mol. The monoisotopic (exact) mass is 421 g/mol. The van der Waals surface area contributed by atoms with Crippen molar-refractivity contribution in [3.05, 3.63) is 52.2 Å². The minimum absolute atomic E-state index is 0.0781. The van der Waals surface area contributed by atoms with Crippen LogP contribution in [0.25, 0.3) is 0 Å². The van der Waals surface area contributed by atoms with E-state index in [1.165, 1.54) is 4.88 Å². The Hall–Kier alpha value is -2.81. The van der Waals surface area contributed by atoms with Gasteiger partial charge in [-0.3, -0.25) is 14.4 Å². The fourth-order valence-electron chi connectivity index (χ4n) is 3.48. The summed E-state index contributed by atoms with van der Waals surface area (Å²) in [6.07, 6.45) is 4.19. The molecule has 6 nitrogen and oxygen atoms in total. The lowest BCUT2D eigenvalue weighted by Crippen LogP contribution is -2.45. The van der Waals surface area contributed by atoms with Gasteiger partial charge in [-0.1, -0.05) is 18.9 Å². The highest BCUT2D eigenvalue weighted by Crippen LogP contribution is 2.42. The summed E-state index contributed by atoms with van der Waals surface area (Å²) in [5.74, 6) is -4.45. The van der Waals surface area contributed by atoms with Crippen LogP contribution in [-0.2, 0) is 19.8 Å². The summed E-state index contributed by atoms with van der Waals surface area (Å²) < 4.78 is 26.4. The Labute approximate surface area is 170 Å². The van der Waals surface area contributed by atoms with Gasteiger partial charge in [-0.15, -0.1) is 11.3 Å². The van der Waals surface area contributed by atoms with Crippen LogP contribution in [0.5, 0.6) is 0 Å². The molecular weight excluding hydrogens is 400 g/mol. The lowest BCUT2D eigenvalue weighted by molar-refractivity contribution is -0.136. The summed E-state index contributed by atoms with van der Waals surface area (Å²) in [7, 11) is 0. The largest absolute Gasteiger partial charge is 0.354 e. The molecule has 0 radical (unpaired) electrons. The van der Waals surface area contributed by atoms with E-state index in [4.69, 9.17) is 0 Å². The molecule has 3 amide bonds. The summed E-state index contributed by atoms with van der Waals surface area (Å²) in [5, 5.41) is 9.08. The fourth-order valence-corrected chi connectivity index (χ4v) is 4.47. The Balaban J connectivity index is 1.47. The molecule has 2 aromatic rings. The van der Waals surface area contributed by atoms with Crippen LogP contribution in [0.15, 0.2) is 35.7 Å². The van der Waals surface area contributed by atoms with E-state index < -0.39 is 29.4 Å². The van der Waals surface area contributed by atoms with Crippen molar-refractivity contribution in [3.8, 4) is 0 Å². The number of carbonyl (C=O) groups excluding carboxylic acids is 3. The number of benzene rings is 1. The topological polar surface area (TPSA) is 87.3 Å². The molecule has 3 N–H and O–H groups in total. The van der Waals surface area contributed by atoms with E-state index >= 15 is 0 Å². The molecule has 9 heteroatoms. The van der Waals surface area contributed by atoms with Crippen LogP contribution >= 0.6 is 11.3 Å². The molecule has 0 spiro atoms. The summed E-state index contributed by atoms with van der Waals surface area (Å²) in [5.41, 5.74) is -0.402. The summed E-state index contributed by atoms with van der Waals surface area (Å²) in [4.78, 5) is 37.0. The van der Waals surface area contributed by atoms with Gasteiger partial charge in [-0.2, -0.15) is 0 Å². The van der Waals surface area contributed by atoms with Crippen molar-refractivity contribution >= 4 is 34.7 Å². The molecule has 154 valence electrons. The lowest BCUT2D eigenvalue weighted by Gasteiger charge is -2.28. The molecule has 0 atom stereocenters. The van der Waals surface area contributed by atoms with Gasteiger partial charge in [0.15, 0.2) is 0 Å². The summed E-state index contributed by atoms with van der Waals surface area (Å²) in [6, 6.07) is 6.62. The first kappa shape index (κ1) is 20.9. The van der Waals surface area contributed by atoms with E-state index in [9.17, 15) is 23.2 Å². The van der Waals surface area contributed by atoms with Crippen LogP contribution in [0, 0.1) is 11.6 Å². The molecule has 1 aliphatic rings. The molecule has 1 aliphatic carbocycles. The minimum atomic E-state index is -1.14. The number of carbonyl (C=O) groups is 3. The molecule has 3 rings (SSSR count). The number of halogens is 2. The molecule has 0 saturated heterocycles. The number of hydrogen-bond acceptors (Lipinski definition) is 4. The average molecular weight is 421 g/mol. The average Bonchev–Trinajstić information content (AvgIpc) is 3.39. The zero-order valence-electron chi connectivity index (χ0n) is 15.6. The van der Waals surface area contributed by atoms with Gasteiger partial charge in [0.1, 0.15) is 11.6 Å². The standard InChI is InChI=1S/C20H21F2N3O3S/c21-13-5-6-15(14(22)10-13)25-19(28)18(27)23-11-17(26)24-12-20(7-1-2-8-20)16-4-3-9-29-16/h3-6,9-10H,1-2,7-8,11-12H2,(H,23,27)(H,24,26)(H,25,28). The van der Waals surface area contributed by atoms with Crippen molar-refractivity contribution < 1.29 is 23.2 Å². The minimum Gasteiger partial charge on any atom is -0.354 e. The van der Waals surface area contributed by atoms with Gasteiger partial charge in [0, 0.05) is 22.9 Å². The maximum absolute atomic E-state index is 13.5. The van der Waals surface area contributed by atoms with Crippen molar-refractivity contribution in [1.29, 1.82) is 0 Å². The highest BCUT2D eigenvalue weighted by Gasteiger charge is 2.36. The van der Waals surface area contributed by atoms with E-state index in [-0.39, 0.29) is 17.6 Å². The van der Waals surface area contributed by atoms with E-state index in [0.717, 1.165) is 37.8 Å². The SMILES string of the molecule is O=C(CNC(=O)C(=O)Nc1ccc(F)cc1F)NCC1(c2cccs2)CCCC1. The molecule has 1 heterocycles. The normalized spacial score (nSPS) is 15.0. The van der Waals surface area contributed by atoms with Crippen molar-refractivity contribution in [2.24, 2.45) is 0 Å². The Morgan fingerprint density at radius 3 is 2.45 bits per heavy atom. The quantitative estimate of drug-likeness (QED) is 0.627. The Bertz CT molecular complexity index is 896. The van der Waals surface area contributed by atoms with Crippen LogP contribution in [0.1, 0.15) is 30.6 Å². The second-order valence-corrected chi connectivity index (χ2v) is 7.95. The molecule has 1 aromatic carbocycles. The molecule has 1 saturated carbocycles. The maximum atomic E-state index is 13.5. The fraction of sp³-hybridized carbons (Fsp3) is 0.350. The van der Waals surface area contributed by atoms with Crippen LogP contribution in [0.3, 0.4) is 0 Å². The molecule has 0 bridgehead atoms. The van der Waals surface area contributed by atoms with E-state index in [0.29, 0.717) is 12.6 Å². The van der Waals surface area contributed by atoms with Crippen LogP contribution < -0.4 is 16.0 Å². The molecule has 1 fully saturated rings. The number of nitrogens with one attached hydrogen (secondary N) is 3. The lowest BCUT2D eigenvalue weighted by atomic mass is 9.84. The Kier molecular flexibility index (Phi) is 6.58. The number of amides is 3. The van der Waals surface area contributed by atoms with Crippen molar-refractivity contribution in [2.75, 3.05) is 18.4 Å². The van der Waals surface area contributed by atoms with Gasteiger partial charge in [-0.05, 0) is 36.4 Å². The number of thiophene rings is 1. The third kappa shape index (κ3) is 5.17. The second-order valence-electron chi connectivity index (χ2n) is 7.00. The molecule has 0 aliphatic heterocycles. The Morgan fingerprint density at radius 1 is 1.03 bits per heavy atom. The first-order valence-electron chi connectivity index (χ1n) is 9.24. The van der Waals surface area contributed by atoms with Crippen LogP contribution in [-0.4, -0.2) is 30.8 Å². The second kappa shape index (κ2) is 9.13. The van der Waals surface area contributed by atoms with Gasteiger partial charge < -0.3 is 16.0 Å².